The monoisotopic (exact) mass is 232 g/mol. The number of carbonyl (C=O) groups is 1. The Balaban J connectivity index is 2.52. The summed E-state index contributed by atoms with van der Waals surface area (Å²) in [5.74, 6) is -1.04. The first-order valence-corrected chi connectivity index (χ1v) is 4.64. The Morgan fingerprint density at radius 2 is 2.25 bits per heavy atom. The van der Waals surface area contributed by atoms with E-state index in [0.717, 1.165) is 0 Å². The maximum atomic E-state index is 11.9. The van der Waals surface area contributed by atoms with Crippen LogP contribution < -0.4 is 5.32 Å². The third-order valence-corrected chi connectivity index (χ3v) is 1.92. The first kappa shape index (κ1) is 12.5. The molecule has 1 atom stereocenters. The Bertz CT molecular complexity index is 351. The SMILES string of the molecule is CC(NC(=O)CC(F)(F)F)c1cccnc1. The molecule has 3 nitrogen and oxygen atoms in total. The molecular weight excluding hydrogens is 221 g/mol. The molecule has 0 aliphatic heterocycles. The average Bonchev–Trinajstić information content (AvgIpc) is 2.16. The van der Waals surface area contributed by atoms with E-state index in [1.54, 1.807) is 25.3 Å². The van der Waals surface area contributed by atoms with Crippen molar-refractivity contribution in [3.8, 4) is 0 Å². The summed E-state index contributed by atoms with van der Waals surface area (Å²) in [6.07, 6.45) is -2.89. The van der Waals surface area contributed by atoms with Gasteiger partial charge in [0.05, 0.1) is 6.04 Å². The second-order valence-corrected chi connectivity index (χ2v) is 3.37. The summed E-state index contributed by atoms with van der Waals surface area (Å²) in [5.41, 5.74) is 0.665. The third-order valence-electron chi connectivity index (χ3n) is 1.92. The first-order valence-electron chi connectivity index (χ1n) is 4.64. The van der Waals surface area contributed by atoms with E-state index in [2.05, 4.69) is 10.3 Å². The second-order valence-electron chi connectivity index (χ2n) is 3.37. The van der Waals surface area contributed by atoms with Gasteiger partial charge in [-0.2, -0.15) is 13.2 Å². The molecule has 16 heavy (non-hydrogen) atoms. The Labute approximate surface area is 90.7 Å². The lowest BCUT2D eigenvalue weighted by Gasteiger charge is -2.14. The van der Waals surface area contributed by atoms with E-state index in [0.29, 0.717) is 5.56 Å². The molecule has 0 aliphatic rings. The van der Waals surface area contributed by atoms with E-state index in [4.69, 9.17) is 0 Å². The van der Waals surface area contributed by atoms with Crippen LogP contribution in [-0.4, -0.2) is 17.1 Å². The molecule has 0 saturated heterocycles. The molecule has 1 N–H and O–H groups in total. The number of hydrogen-bond acceptors (Lipinski definition) is 2. The van der Waals surface area contributed by atoms with Crippen LogP contribution in [0.3, 0.4) is 0 Å². The highest BCUT2D eigenvalue weighted by Gasteiger charge is 2.31. The highest BCUT2D eigenvalue weighted by atomic mass is 19.4. The van der Waals surface area contributed by atoms with Gasteiger partial charge in [0, 0.05) is 12.4 Å². The summed E-state index contributed by atoms with van der Waals surface area (Å²) >= 11 is 0. The fourth-order valence-corrected chi connectivity index (χ4v) is 1.19. The van der Waals surface area contributed by atoms with E-state index in [1.165, 1.54) is 6.20 Å². The van der Waals surface area contributed by atoms with Crippen molar-refractivity contribution in [1.29, 1.82) is 0 Å². The number of hydrogen-bond donors (Lipinski definition) is 1. The molecule has 1 aromatic rings. The van der Waals surface area contributed by atoms with Crippen LogP contribution in [0.2, 0.25) is 0 Å². The number of carbonyl (C=O) groups excluding carboxylic acids is 1. The van der Waals surface area contributed by atoms with Crippen LogP contribution in [0.15, 0.2) is 24.5 Å². The van der Waals surface area contributed by atoms with Gasteiger partial charge in [-0.1, -0.05) is 6.07 Å². The van der Waals surface area contributed by atoms with Crippen LogP contribution in [0.25, 0.3) is 0 Å². The van der Waals surface area contributed by atoms with Crippen LogP contribution in [0.5, 0.6) is 0 Å². The maximum Gasteiger partial charge on any atom is 0.397 e. The summed E-state index contributed by atoms with van der Waals surface area (Å²) in [6, 6.07) is 2.86. The summed E-state index contributed by atoms with van der Waals surface area (Å²) in [5, 5.41) is 2.25. The first-order chi connectivity index (χ1) is 7.38. The summed E-state index contributed by atoms with van der Waals surface area (Å²) in [7, 11) is 0. The van der Waals surface area contributed by atoms with E-state index in [9.17, 15) is 18.0 Å². The molecule has 1 aromatic heterocycles. The Morgan fingerprint density at radius 3 is 2.75 bits per heavy atom. The van der Waals surface area contributed by atoms with Gasteiger partial charge in [0.1, 0.15) is 6.42 Å². The molecule has 0 bridgehead atoms. The lowest BCUT2D eigenvalue weighted by Crippen LogP contribution is -2.30. The number of aromatic nitrogens is 1. The third kappa shape index (κ3) is 4.29. The highest BCUT2D eigenvalue weighted by molar-refractivity contribution is 5.77. The van der Waals surface area contributed by atoms with Gasteiger partial charge < -0.3 is 5.32 Å². The highest BCUT2D eigenvalue weighted by Crippen LogP contribution is 2.20. The molecule has 1 amide bonds. The number of nitrogens with one attached hydrogen (secondary N) is 1. The van der Waals surface area contributed by atoms with Crippen molar-refractivity contribution in [3.63, 3.8) is 0 Å². The number of alkyl halides is 3. The van der Waals surface area contributed by atoms with Gasteiger partial charge in [0.25, 0.3) is 0 Å². The molecule has 0 aromatic carbocycles. The number of rotatable bonds is 3. The molecular formula is C10H11F3N2O. The van der Waals surface area contributed by atoms with E-state index < -0.39 is 24.5 Å². The van der Waals surface area contributed by atoms with E-state index in [-0.39, 0.29) is 0 Å². The Hall–Kier alpha value is -1.59. The fourth-order valence-electron chi connectivity index (χ4n) is 1.19. The fraction of sp³-hybridized carbons (Fsp3) is 0.400. The number of pyridine rings is 1. The van der Waals surface area contributed by atoms with Crippen LogP contribution in [0.4, 0.5) is 13.2 Å². The predicted octanol–water partition coefficient (Wildman–Crippen LogP) is 2.21. The van der Waals surface area contributed by atoms with E-state index >= 15 is 0 Å². The van der Waals surface area contributed by atoms with Crippen molar-refractivity contribution in [1.82, 2.24) is 10.3 Å². The van der Waals surface area contributed by atoms with Crippen LogP contribution in [0.1, 0.15) is 24.9 Å². The standard InChI is InChI=1S/C10H11F3N2O/c1-7(8-3-2-4-14-6-8)15-9(16)5-10(11,12)13/h2-4,6-7H,5H2,1H3,(H,15,16). The average molecular weight is 232 g/mol. The molecule has 88 valence electrons. The molecule has 0 fully saturated rings. The summed E-state index contributed by atoms with van der Waals surface area (Å²) < 4.78 is 35.7. The molecule has 0 saturated carbocycles. The van der Waals surface area contributed by atoms with Gasteiger partial charge in [-0.15, -0.1) is 0 Å². The van der Waals surface area contributed by atoms with E-state index in [1.807, 2.05) is 0 Å². The minimum absolute atomic E-state index is 0.483. The summed E-state index contributed by atoms with van der Waals surface area (Å²) in [6.45, 7) is 1.60. The molecule has 1 unspecified atom stereocenters. The lowest BCUT2D eigenvalue weighted by atomic mass is 10.1. The van der Waals surface area contributed by atoms with Gasteiger partial charge in [-0.3, -0.25) is 9.78 Å². The summed E-state index contributed by atoms with van der Waals surface area (Å²) in [4.78, 5) is 14.8. The zero-order valence-corrected chi connectivity index (χ0v) is 8.58. The number of halogens is 3. The van der Waals surface area contributed by atoms with Crippen molar-refractivity contribution in [2.24, 2.45) is 0 Å². The lowest BCUT2D eigenvalue weighted by molar-refractivity contribution is -0.154. The minimum atomic E-state index is -4.47. The Kier molecular flexibility index (Phi) is 3.87. The second kappa shape index (κ2) is 4.96. The normalized spacial score (nSPS) is 13.2. The molecule has 6 heteroatoms. The van der Waals surface area contributed by atoms with Gasteiger partial charge in [0.15, 0.2) is 0 Å². The van der Waals surface area contributed by atoms with Gasteiger partial charge in [0.2, 0.25) is 5.91 Å². The number of amides is 1. The molecule has 0 aliphatic carbocycles. The van der Waals surface area contributed by atoms with Gasteiger partial charge in [-0.05, 0) is 18.6 Å². The minimum Gasteiger partial charge on any atom is -0.349 e. The number of nitrogens with zero attached hydrogens (tertiary/aromatic N) is 1. The smallest absolute Gasteiger partial charge is 0.349 e. The molecule has 0 spiro atoms. The van der Waals surface area contributed by atoms with Crippen molar-refractivity contribution in [2.45, 2.75) is 25.6 Å². The molecule has 1 rings (SSSR count). The largest absolute Gasteiger partial charge is 0.397 e. The zero-order valence-electron chi connectivity index (χ0n) is 8.58. The maximum absolute atomic E-state index is 11.9. The van der Waals surface area contributed by atoms with Crippen molar-refractivity contribution in [2.75, 3.05) is 0 Å². The quantitative estimate of drug-likeness (QED) is 0.868. The zero-order chi connectivity index (χ0) is 12.2. The van der Waals surface area contributed by atoms with Gasteiger partial charge >= 0.3 is 6.18 Å². The van der Waals surface area contributed by atoms with Crippen LogP contribution >= 0.6 is 0 Å². The Morgan fingerprint density at radius 1 is 1.56 bits per heavy atom. The topological polar surface area (TPSA) is 42.0 Å². The van der Waals surface area contributed by atoms with Crippen LogP contribution in [0, 0.1) is 0 Å². The molecule has 1 heterocycles. The van der Waals surface area contributed by atoms with Crippen molar-refractivity contribution < 1.29 is 18.0 Å². The van der Waals surface area contributed by atoms with Gasteiger partial charge in [-0.25, -0.2) is 0 Å². The van der Waals surface area contributed by atoms with Crippen molar-refractivity contribution in [3.05, 3.63) is 30.1 Å². The molecule has 0 radical (unpaired) electrons. The van der Waals surface area contributed by atoms with Crippen molar-refractivity contribution >= 4 is 5.91 Å². The predicted molar refractivity (Wildman–Crippen MR) is 51.5 cm³/mol. The van der Waals surface area contributed by atoms with Crippen LogP contribution in [-0.2, 0) is 4.79 Å².